The number of amides is 1. The molecular weight excluding hydrogens is 242 g/mol. The third-order valence-corrected chi connectivity index (χ3v) is 3.58. The van der Waals surface area contributed by atoms with Gasteiger partial charge in [0.05, 0.1) is 6.42 Å². The maximum Gasteiger partial charge on any atom is 0.326 e. The maximum absolute atomic E-state index is 12.2. The molecule has 4 heteroatoms. The number of rotatable bonds is 3. The number of carbonyl (C=O) groups excluding carboxylic acids is 1. The summed E-state index contributed by atoms with van der Waals surface area (Å²) >= 11 is 0. The number of hydrogen-bond donors (Lipinski definition) is 1. The number of hydrogen-bond acceptors (Lipinski definition) is 2. The van der Waals surface area contributed by atoms with Crippen LogP contribution in [0.3, 0.4) is 0 Å². The number of carboxylic acid groups (broad SMARTS) is 1. The molecule has 4 nitrogen and oxygen atoms in total. The third kappa shape index (κ3) is 3.34. The van der Waals surface area contributed by atoms with E-state index >= 15 is 0 Å². The predicted molar refractivity (Wildman–Crippen MR) is 71.9 cm³/mol. The minimum Gasteiger partial charge on any atom is -0.480 e. The summed E-state index contributed by atoms with van der Waals surface area (Å²) in [4.78, 5) is 24.9. The van der Waals surface area contributed by atoms with Crippen molar-refractivity contribution in [2.24, 2.45) is 0 Å². The van der Waals surface area contributed by atoms with E-state index in [9.17, 15) is 9.59 Å². The van der Waals surface area contributed by atoms with Gasteiger partial charge in [0.15, 0.2) is 0 Å². The number of benzene rings is 1. The SMILES string of the molecule is Cc1ccc(CC(=O)N2CCCC[C@H]2C(=O)O)cc1. The van der Waals surface area contributed by atoms with Crippen molar-refractivity contribution in [2.45, 2.75) is 38.6 Å². The summed E-state index contributed by atoms with van der Waals surface area (Å²) < 4.78 is 0. The monoisotopic (exact) mass is 261 g/mol. The Kier molecular flexibility index (Phi) is 4.20. The zero-order valence-corrected chi connectivity index (χ0v) is 11.1. The van der Waals surface area contributed by atoms with E-state index in [0.717, 1.165) is 24.0 Å². The van der Waals surface area contributed by atoms with Gasteiger partial charge in [0.1, 0.15) is 6.04 Å². The summed E-state index contributed by atoms with van der Waals surface area (Å²) in [5.74, 6) is -0.979. The minimum absolute atomic E-state index is 0.0871. The van der Waals surface area contributed by atoms with E-state index in [1.54, 1.807) is 0 Å². The van der Waals surface area contributed by atoms with Crippen molar-refractivity contribution in [2.75, 3.05) is 6.54 Å². The highest BCUT2D eigenvalue weighted by Crippen LogP contribution is 2.18. The van der Waals surface area contributed by atoms with Gasteiger partial charge in [-0.25, -0.2) is 4.79 Å². The van der Waals surface area contributed by atoms with Crippen LogP contribution in [0.25, 0.3) is 0 Å². The van der Waals surface area contributed by atoms with Crippen molar-refractivity contribution in [1.82, 2.24) is 4.90 Å². The zero-order chi connectivity index (χ0) is 13.8. The predicted octanol–water partition coefficient (Wildman–Crippen LogP) is 2.00. The van der Waals surface area contributed by atoms with Crippen molar-refractivity contribution < 1.29 is 14.7 Å². The fraction of sp³-hybridized carbons (Fsp3) is 0.467. The second-order valence-electron chi connectivity index (χ2n) is 5.10. The molecule has 0 spiro atoms. The summed E-state index contributed by atoms with van der Waals surface area (Å²) in [6, 6.07) is 7.13. The van der Waals surface area contributed by atoms with E-state index in [1.165, 1.54) is 4.90 Å². The molecule has 1 heterocycles. The van der Waals surface area contributed by atoms with Gasteiger partial charge in [-0.05, 0) is 31.7 Å². The first-order chi connectivity index (χ1) is 9.08. The van der Waals surface area contributed by atoms with Gasteiger partial charge >= 0.3 is 5.97 Å². The molecule has 1 saturated heterocycles. The van der Waals surface area contributed by atoms with Crippen LogP contribution in [0, 0.1) is 6.92 Å². The van der Waals surface area contributed by atoms with E-state index in [1.807, 2.05) is 31.2 Å². The number of carbonyl (C=O) groups is 2. The fourth-order valence-electron chi connectivity index (χ4n) is 2.47. The second-order valence-corrected chi connectivity index (χ2v) is 5.10. The van der Waals surface area contributed by atoms with Crippen LogP contribution >= 0.6 is 0 Å². The Bertz CT molecular complexity index is 467. The summed E-state index contributed by atoms with van der Waals surface area (Å²) in [7, 11) is 0. The van der Waals surface area contributed by atoms with Crippen molar-refractivity contribution in [3.8, 4) is 0 Å². The number of aliphatic carboxylic acids is 1. The lowest BCUT2D eigenvalue weighted by Crippen LogP contribution is -2.48. The Morgan fingerprint density at radius 1 is 1.26 bits per heavy atom. The summed E-state index contributed by atoms with van der Waals surface area (Å²) in [6.45, 7) is 2.55. The number of piperidine rings is 1. The van der Waals surface area contributed by atoms with E-state index in [-0.39, 0.29) is 12.3 Å². The van der Waals surface area contributed by atoms with E-state index in [0.29, 0.717) is 13.0 Å². The lowest BCUT2D eigenvalue weighted by Gasteiger charge is -2.33. The third-order valence-electron chi connectivity index (χ3n) is 3.58. The number of carboxylic acids is 1. The van der Waals surface area contributed by atoms with Crippen LogP contribution < -0.4 is 0 Å². The van der Waals surface area contributed by atoms with Crippen LogP contribution in [-0.2, 0) is 16.0 Å². The maximum atomic E-state index is 12.2. The van der Waals surface area contributed by atoms with Gasteiger partial charge < -0.3 is 10.0 Å². The first-order valence-corrected chi connectivity index (χ1v) is 6.66. The lowest BCUT2D eigenvalue weighted by molar-refractivity contribution is -0.151. The number of likely N-dealkylation sites (tertiary alicyclic amines) is 1. The first kappa shape index (κ1) is 13.6. The zero-order valence-electron chi connectivity index (χ0n) is 11.1. The largest absolute Gasteiger partial charge is 0.480 e. The van der Waals surface area contributed by atoms with Gasteiger partial charge in [-0.2, -0.15) is 0 Å². The molecule has 1 atom stereocenters. The average Bonchev–Trinajstić information content (AvgIpc) is 2.41. The summed E-state index contributed by atoms with van der Waals surface area (Å²) in [5.41, 5.74) is 2.09. The van der Waals surface area contributed by atoms with Crippen LogP contribution in [-0.4, -0.2) is 34.5 Å². The van der Waals surface area contributed by atoms with Crippen molar-refractivity contribution >= 4 is 11.9 Å². The van der Waals surface area contributed by atoms with Crippen LogP contribution in [0.15, 0.2) is 24.3 Å². The topological polar surface area (TPSA) is 57.6 Å². The number of aryl methyl sites for hydroxylation is 1. The Morgan fingerprint density at radius 3 is 2.58 bits per heavy atom. The molecule has 2 rings (SSSR count). The fourth-order valence-corrected chi connectivity index (χ4v) is 2.47. The van der Waals surface area contributed by atoms with Gasteiger partial charge in [0.2, 0.25) is 5.91 Å². The smallest absolute Gasteiger partial charge is 0.326 e. The van der Waals surface area contributed by atoms with Crippen LogP contribution in [0.1, 0.15) is 30.4 Å². The Balaban J connectivity index is 2.05. The highest BCUT2D eigenvalue weighted by Gasteiger charge is 2.31. The van der Waals surface area contributed by atoms with Gasteiger partial charge in [0, 0.05) is 6.54 Å². The van der Waals surface area contributed by atoms with E-state index in [4.69, 9.17) is 5.11 Å². The summed E-state index contributed by atoms with van der Waals surface area (Å²) in [5, 5.41) is 9.17. The molecule has 0 saturated carbocycles. The van der Waals surface area contributed by atoms with Crippen molar-refractivity contribution in [3.05, 3.63) is 35.4 Å². The first-order valence-electron chi connectivity index (χ1n) is 6.66. The molecule has 0 radical (unpaired) electrons. The van der Waals surface area contributed by atoms with Gasteiger partial charge in [-0.3, -0.25) is 4.79 Å². The molecule has 1 aromatic rings. The molecule has 19 heavy (non-hydrogen) atoms. The molecule has 1 fully saturated rings. The molecule has 0 aromatic heterocycles. The standard InChI is InChI=1S/C15H19NO3/c1-11-5-7-12(8-6-11)10-14(17)16-9-3-2-4-13(16)15(18)19/h5-8,13H,2-4,9-10H2,1H3,(H,18,19)/t13-/m0/s1. The summed E-state index contributed by atoms with van der Waals surface area (Å²) in [6.07, 6.45) is 2.62. The highest BCUT2D eigenvalue weighted by atomic mass is 16.4. The van der Waals surface area contributed by atoms with E-state index in [2.05, 4.69) is 0 Å². The molecule has 1 aliphatic heterocycles. The molecule has 102 valence electrons. The molecule has 0 bridgehead atoms. The Hall–Kier alpha value is -1.84. The molecule has 1 N–H and O–H groups in total. The molecule has 1 amide bonds. The quantitative estimate of drug-likeness (QED) is 0.905. The van der Waals surface area contributed by atoms with Gasteiger partial charge in [-0.1, -0.05) is 29.8 Å². The lowest BCUT2D eigenvalue weighted by atomic mass is 10.0. The van der Waals surface area contributed by atoms with Crippen LogP contribution in [0.2, 0.25) is 0 Å². The van der Waals surface area contributed by atoms with Crippen molar-refractivity contribution in [3.63, 3.8) is 0 Å². The van der Waals surface area contributed by atoms with Crippen LogP contribution in [0.4, 0.5) is 0 Å². The molecule has 0 aliphatic carbocycles. The molecule has 0 unspecified atom stereocenters. The molecular formula is C15H19NO3. The van der Waals surface area contributed by atoms with Crippen LogP contribution in [0.5, 0.6) is 0 Å². The minimum atomic E-state index is -0.892. The molecule has 1 aromatic carbocycles. The normalized spacial score (nSPS) is 19.2. The molecule has 1 aliphatic rings. The second kappa shape index (κ2) is 5.87. The van der Waals surface area contributed by atoms with E-state index < -0.39 is 12.0 Å². The van der Waals surface area contributed by atoms with Gasteiger partial charge in [-0.15, -0.1) is 0 Å². The number of nitrogens with zero attached hydrogens (tertiary/aromatic N) is 1. The highest BCUT2D eigenvalue weighted by molar-refractivity contribution is 5.85. The Labute approximate surface area is 113 Å². The average molecular weight is 261 g/mol. The van der Waals surface area contributed by atoms with Crippen molar-refractivity contribution in [1.29, 1.82) is 0 Å². The Morgan fingerprint density at radius 2 is 1.95 bits per heavy atom. The van der Waals surface area contributed by atoms with Gasteiger partial charge in [0.25, 0.3) is 0 Å².